The highest BCUT2D eigenvalue weighted by atomic mass is 19.1. The van der Waals surface area contributed by atoms with E-state index in [1.54, 1.807) is 6.21 Å². The highest BCUT2D eigenvalue weighted by Crippen LogP contribution is 2.46. The third kappa shape index (κ3) is 5.66. The Morgan fingerprint density at radius 3 is 2.73 bits per heavy atom. The molecule has 1 unspecified atom stereocenters. The van der Waals surface area contributed by atoms with E-state index in [1.807, 2.05) is 13.0 Å². The van der Waals surface area contributed by atoms with Crippen LogP contribution in [0.15, 0.2) is 27.4 Å². The number of aryl methyl sites for hydroxylation is 2. The van der Waals surface area contributed by atoms with Crippen LogP contribution in [0, 0.1) is 17.8 Å². The lowest BCUT2D eigenvalue weighted by Crippen LogP contribution is -2.46. The van der Waals surface area contributed by atoms with E-state index in [1.165, 1.54) is 0 Å². The van der Waals surface area contributed by atoms with Crippen LogP contribution in [0.5, 0.6) is 0 Å². The van der Waals surface area contributed by atoms with Crippen LogP contribution in [-0.2, 0) is 16.0 Å². The molecule has 0 aliphatic heterocycles. The number of aromatic nitrogens is 1. The summed E-state index contributed by atoms with van der Waals surface area (Å²) in [6, 6.07) is 1.97. The first kappa shape index (κ1) is 20.6. The third-order valence-corrected chi connectivity index (χ3v) is 4.59. The first-order chi connectivity index (χ1) is 12.2. The zero-order valence-corrected chi connectivity index (χ0v) is 16.5. The molecule has 0 bridgehead atoms. The average Bonchev–Trinajstić information content (AvgIpc) is 2.94. The predicted molar refractivity (Wildman–Crippen MR) is 100.0 cm³/mol. The Bertz CT molecular complexity index is 635. The van der Waals surface area contributed by atoms with Crippen LogP contribution in [-0.4, -0.2) is 37.4 Å². The summed E-state index contributed by atoms with van der Waals surface area (Å²) in [5.41, 5.74) is 1.83. The molecule has 26 heavy (non-hydrogen) atoms. The minimum atomic E-state index is -0.531. The van der Waals surface area contributed by atoms with E-state index >= 15 is 0 Å². The van der Waals surface area contributed by atoms with Crippen molar-refractivity contribution in [3.8, 4) is 0 Å². The second-order valence-electron chi connectivity index (χ2n) is 8.25. The van der Waals surface area contributed by atoms with E-state index in [2.05, 4.69) is 44.1 Å². The van der Waals surface area contributed by atoms with E-state index in [-0.39, 0.29) is 23.5 Å². The van der Waals surface area contributed by atoms with Gasteiger partial charge in [-0.1, -0.05) is 44.1 Å². The number of nitrogens with zero attached hydrogens (tertiary/aromatic N) is 2. The summed E-state index contributed by atoms with van der Waals surface area (Å²) < 4.78 is 23.6. The van der Waals surface area contributed by atoms with Gasteiger partial charge in [-0.05, 0) is 30.8 Å². The van der Waals surface area contributed by atoms with Gasteiger partial charge in [0.05, 0.1) is 18.0 Å². The minimum absolute atomic E-state index is 0.00693. The van der Waals surface area contributed by atoms with Crippen LogP contribution in [0.1, 0.15) is 52.0 Å². The molecule has 0 saturated carbocycles. The SMILES string of the molecule is Cc1cc(CCCOC2C(C)(C)C=C(C=NOCCF)CC2(C)C)on1. The van der Waals surface area contributed by atoms with Crippen molar-refractivity contribution < 1.29 is 18.5 Å². The maximum absolute atomic E-state index is 12.1. The number of oxime groups is 1. The first-order valence-electron chi connectivity index (χ1n) is 9.21. The molecule has 0 fully saturated rings. The van der Waals surface area contributed by atoms with Crippen LogP contribution in [0.25, 0.3) is 0 Å². The van der Waals surface area contributed by atoms with Gasteiger partial charge in [-0.2, -0.15) is 0 Å². The standard InChI is InChI=1S/C20H31FN2O3/c1-15-11-17(26-23-15)7-6-9-24-18-19(2,3)12-16(13-20(18,4)5)14-22-25-10-8-21/h11-12,14,18H,6-10,13H2,1-5H3. The summed E-state index contributed by atoms with van der Waals surface area (Å²) in [7, 11) is 0. The van der Waals surface area contributed by atoms with E-state index in [0.717, 1.165) is 36.3 Å². The number of halogens is 1. The Morgan fingerprint density at radius 1 is 1.35 bits per heavy atom. The van der Waals surface area contributed by atoms with Crippen molar-refractivity contribution in [3.63, 3.8) is 0 Å². The molecule has 5 nitrogen and oxygen atoms in total. The van der Waals surface area contributed by atoms with Gasteiger partial charge in [0.1, 0.15) is 19.0 Å². The van der Waals surface area contributed by atoms with Gasteiger partial charge in [-0.15, -0.1) is 0 Å². The summed E-state index contributed by atoms with van der Waals surface area (Å²) in [6.45, 7) is 10.8. The van der Waals surface area contributed by atoms with Crippen molar-refractivity contribution in [2.24, 2.45) is 16.0 Å². The molecular weight excluding hydrogens is 335 g/mol. The molecule has 0 aromatic carbocycles. The summed E-state index contributed by atoms with van der Waals surface area (Å²) in [4.78, 5) is 4.88. The summed E-state index contributed by atoms with van der Waals surface area (Å²) in [5, 5.41) is 7.77. The zero-order valence-electron chi connectivity index (χ0n) is 16.5. The highest BCUT2D eigenvalue weighted by molar-refractivity contribution is 5.78. The molecule has 1 heterocycles. The molecule has 6 heteroatoms. The number of ether oxygens (including phenoxy) is 1. The van der Waals surface area contributed by atoms with Crippen LogP contribution in [0.3, 0.4) is 0 Å². The Hall–Kier alpha value is -1.69. The fourth-order valence-corrected chi connectivity index (χ4v) is 3.93. The second-order valence-corrected chi connectivity index (χ2v) is 8.25. The van der Waals surface area contributed by atoms with Gasteiger partial charge in [-0.3, -0.25) is 0 Å². The van der Waals surface area contributed by atoms with Gasteiger partial charge in [-0.25, -0.2) is 4.39 Å². The quantitative estimate of drug-likeness (QED) is 0.362. The normalized spacial score (nSPS) is 21.8. The predicted octanol–water partition coefficient (Wildman–Crippen LogP) is 4.66. The lowest BCUT2D eigenvalue weighted by Gasteiger charge is -2.47. The van der Waals surface area contributed by atoms with Crippen LogP contribution in [0.4, 0.5) is 4.39 Å². The number of rotatable bonds is 9. The van der Waals surface area contributed by atoms with Crippen LogP contribution < -0.4 is 0 Å². The molecule has 1 aromatic heterocycles. The van der Waals surface area contributed by atoms with E-state index in [0.29, 0.717) is 6.61 Å². The molecule has 0 spiro atoms. The lowest BCUT2D eigenvalue weighted by atomic mass is 9.64. The van der Waals surface area contributed by atoms with Crippen molar-refractivity contribution in [2.75, 3.05) is 19.9 Å². The molecule has 0 radical (unpaired) electrons. The first-order valence-corrected chi connectivity index (χ1v) is 9.21. The molecule has 146 valence electrons. The lowest BCUT2D eigenvalue weighted by molar-refractivity contribution is -0.0845. The van der Waals surface area contributed by atoms with Crippen molar-refractivity contribution in [1.29, 1.82) is 0 Å². The number of allylic oxidation sites excluding steroid dienone is 1. The molecule has 0 N–H and O–H groups in total. The maximum Gasteiger partial charge on any atom is 0.145 e. The molecule has 0 saturated heterocycles. The van der Waals surface area contributed by atoms with Crippen LogP contribution >= 0.6 is 0 Å². The number of hydrogen-bond donors (Lipinski definition) is 0. The van der Waals surface area contributed by atoms with Gasteiger partial charge in [0.15, 0.2) is 0 Å². The Morgan fingerprint density at radius 2 is 2.12 bits per heavy atom. The smallest absolute Gasteiger partial charge is 0.145 e. The largest absolute Gasteiger partial charge is 0.393 e. The molecule has 1 atom stereocenters. The van der Waals surface area contributed by atoms with E-state index in [9.17, 15) is 4.39 Å². The summed E-state index contributed by atoms with van der Waals surface area (Å²) in [6.07, 6.45) is 6.54. The van der Waals surface area contributed by atoms with E-state index < -0.39 is 6.67 Å². The minimum Gasteiger partial charge on any atom is -0.393 e. The monoisotopic (exact) mass is 366 g/mol. The van der Waals surface area contributed by atoms with Crippen molar-refractivity contribution in [1.82, 2.24) is 5.16 Å². The highest BCUT2D eigenvalue weighted by Gasteiger charge is 2.44. The molecule has 1 aliphatic carbocycles. The topological polar surface area (TPSA) is 56.9 Å². The molecule has 1 aliphatic rings. The summed E-state index contributed by atoms with van der Waals surface area (Å²) >= 11 is 0. The molecule has 1 aromatic rings. The molecular formula is C20H31FN2O3. The number of hydrogen-bond acceptors (Lipinski definition) is 5. The van der Waals surface area contributed by atoms with Crippen LogP contribution in [0.2, 0.25) is 0 Å². The Balaban J connectivity index is 1.92. The van der Waals surface area contributed by atoms with Gasteiger partial charge in [0, 0.05) is 24.5 Å². The fourth-order valence-electron chi connectivity index (χ4n) is 3.93. The second kappa shape index (κ2) is 8.80. The Labute approximate surface area is 155 Å². The zero-order chi connectivity index (χ0) is 19.2. The van der Waals surface area contributed by atoms with Crippen molar-refractivity contribution in [2.45, 2.75) is 60.0 Å². The summed E-state index contributed by atoms with van der Waals surface area (Å²) in [5.74, 6) is 0.903. The molecule has 2 rings (SSSR count). The van der Waals surface area contributed by atoms with E-state index in [4.69, 9.17) is 14.1 Å². The fraction of sp³-hybridized carbons (Fsp3) is 0.700. The third-order valence-electron chi connectivity index (χ3n) is 4.59. The molecule has 0 amide bonds. The van der Waals surface area contributed by atoms with Gasteiger partial charge in [0.2, 0.25) is 0 Å². The maximum atomic E-state index is 12.1. The van der Waals surface area contributed by atoms with Gasteiger partial charge >= 0.3 is 0 Å². The van der Waals surface area contributed by atoms with Crippen molar-refractivity contribution >= 4 is 6.21 Å². The Kier molecular flexibility index (Phi) is 6.98. The number of alkyl halides is 1. The average molecular weight is 366 g/mol. The van der Waals surface area contributed by atoms with Crippen molar-refractivity contribution in [3.05, 3.63) is 29.2 Å². The van der Waals surface area contributed by atoms with Gasteiger partial charge in [0.25, 0.3) is 0 Å². The van der Waals surface area contributed by atoms with Gasteiger partial charge < -0.3 is 14.1 Å².